The van der Waals surface area contributed by atoms with E-state index in [1.165, 1.54) is 0 Å². The van der Waals surface area contributed by atoms with Crippen LogP contribution < -0.4 is 5.32 Å². The Morgan fingerprint density at radius 3 is 2.67 bits per heavy atom. The van der Waals surface area contributed by atoms with Gasteiger partial charge in [-0.2, -0.15) is 0 Å². The van der Waals surface area contributed by atoms with Gasteiger partial charge in [-0.25, -0.2) is 4.79 Å². The van der Waals surface area contributed by atoms with Crippen LogP contribution in [0.25, 0.3) is 0 Å². The fraction of sp³-hybridized carbons (Fsp3) is 0.235. The first-order valence-corrected chi connectivity index (χ1v) is 9.54. The summed E-state index contributed by atoms with van der Waals surface area (Å²) in [6.07, 6.45) is 0. The molecule has 3 rings (SSSR count). The van der Waals surface area contributed by atoms with Crippen molar-refractivity contribution < 1.29 is 4.79 Å². The highest BCUT2D eigenvalue weighted by atomic mass is 35.5. The summed E-state index contributed by atoms with van der Waals surface area (Å²) in [7, 11) is 0. The van der Waals surface area contributed by atoms with Gasteiger partial charge in [-0.05, 0) is 36.8 Å². The first kappa shape index (κ1) is 17.7. The number of thioether (sulfide) groups is 1. The van der Waals surface area contributed by atoms with Gasteiger partial charge in [0.25, 0.3) is 0 Å². The highest BCUT2D eigenvalue weighted by Gasteiger charge is 2.32. The van der Waals surface area contributed by atoms with Crippen LogP contribution in [0.2, 0.25) is 15.1 Å². The summed E-state index contributed by atoms with van der Waals surface area (Å²) in [5.41, 5.74) is 2.53. The molecule has 0 bridgehead atoms. The molecule has 1 N–H and O–H groups in total. The van der Waals surface area contributed by atoms with Gasteiger partial charge in [0.05, 0.1) is 10.7 Å². The fourth-order valence-electron chi connectivity index (χ4n) is 2.55. The van der Waals surface area contributed by atoms with Gasteiger partial charge in [-0.3, -0.25) is 0 Å². The summed E-state index contributed by atoms with van der Waals surface area (Å²) in [6, 6.07) is 10.7. The largest absolute Gasteiger partial charge is 0.323 e. The molecule has 3 nitrogen and oxygen atoms in total. The molecular weight excluding hydrogens is 387 g/mol. The number of hydrogen-bond donors (Lipinski definition) is 1. The molecule has 0 aromatic heterocycles. The van der Waals surface area contributed by atoms with Crippen LogP contribution in [-0.2, 0) is 0 Å². The molecule has 1 aliphatic heterocycles. The first-order valence-electron chi connectivity index (χ1n) is 7.36. The van der Waals surface area contributed by atoms with Gasteiger partial charge in [0, 0.05) is 27.9 Å². The molecule has 0 aliphatic carbocycles. The van der Waals surface area contributed by atoms with E-state index in [1.54, 1.807) is 28.8 Å². The van der Waals surface area contributed by atoms with Crippen LogP contribution >= 0.6 is 46.6 Å². The van der Waals surface area contributed by atoms with Gasteiger partial charge in [-0.1, -0.05) is 46.9 Å². The molecule has 1 fully saturated rings. The van der Waals surface area contributed by atoms with Gasteiger partial charge in [-0.15, -0.1) is 11.8 Å². The van der Waals surface area contributed by atoms with Crippen molar-refractivity contribution in [1.29, 1.82) is 0 Å². The van der Waals surface area contributed by atoms with Gasteiger partial charge >= 0.3 is 6.03 Å². The SMILES string of the molecule is Cc1ccc(NC(=O)N2CCSC2c2ccc(Cl)cc2Cl)c(Cl)c1. The average Bonchev–Trinajstić information content (AvgIpc) is 2.99. The van der Waals surface area contributed by atoms with Crippen LogP contribution in [0, 0.1) is 6.92 Å². The number of hydrogen-bond acceptors (Lipinski definition) is 2. The number of amides is 2. The number of rotatable bonds is 2. The summed E-state index contributed by atoms with van der Waals surface area (Å²) in [5.74, 6) is 0.846. The lowest BCUT2D eigenvalue weighted by atomic mass is 10.2. The molecule has 1 unspecified atom stereocenters. The number of urea groups is 1. The van der Waals surface area contributed by atoms with Crippen molar-refractivity contribution >= 4 is 58.3 Å². The maximum absolute atomic E-state index is 12.7. The number of benzene rings is 2. The van der Waals surface area contributed by atoms with E-state index in [2.05, 4.69) is 5.32 Å². The Hall–Kier alpha value is -1.07. The summed E-state index contributed by atoms with van der Waals surface area (Å²) in [5, 5.41) is 4.41. The van der Waals surface area contributed by atoms with Crippen molar-refractivity contribution in [1.82, 2.24) is 4.90 Å². The van der Waals surface area contributed by atoms with Crippen LogP contribution in [-0.4, -0.2) is 23.2 Å². The number of nitrogens with one attached hydrogen (secondary N) is 1. The Morgan fingerprint density at radius 2 is 1.96 bits per heavy atom. The van der Waals surface area contributed by atoms with Crippen LogP contribution in [0.15, 0.2) is 36.4 Å². The second kappa shape index (κ2) is 7.44. The predicted molar refractivity (Wildman–Crippen MR) is 104 cm³/mol. The van der Waals surface area contributed by atoms with E-state index in [0.29, 0.717) is 27.3 Å². The molecule has 2 amide bonds. The number of carbonyl (C=O) groups excluding carboxylic acids is 1. The topological polar surface area (TPSA) is 32.3 Å². The maximum Gasteiger partial charge on any atom is 0.323 e. The quantitative estimate of drug-likeness (QED) is 0.646. The van der Waals surface area contributed by atoms with E-state index in [1.807, 2.05) is 31.2 Å². The summed E-state index contributed by atoms with van der Waals surface area (Å²) >= 11 is 20.1. The summed E-state index contributed by atoms with van der Waals surface area (Å²) < 4.78 is 0. The maximum atomic E-state index is 12.7. The normalized spacial score (nSPS) is 17.2. The zero-order valence-electron chi connectivity index (χ0n) is 12.9. The first-order chi connectivity index (χ1) is 11.5. The number of anilines is 1. The predicted octanol–water partition coefficient (Wildman–Crippen LogP) is 6.23. The molecule has 1 aliphatic rings. The Kier molecular flexibility index (Phi) is 5.50. The van der Waals surface area contributed by atoms with Gasteiger partial charge < -0.3 is 10.2 Å². The van der Waals surface area contributed by atoms with Gasteiger partial charge in [0.2, 0.25) is 0 Å². The molecule has 24 heavy (non-hydrogen) atoms. The average molecular weight is 402 g/mol. The molecule has 0 radical (unpaired) electrons. The monoisotopic (exact) mass is 400 g/mol. The van der Waals surface area contributed by atoms with Gasteiger partial charge in [0.15, 0.2) is 0 Å². The van der Waals surface area contributed by atoms with E-state index in [0.717, 1.165) is 16.9 Å². The highest BCUT2D eigenvalue weighted by Crippen LogP contribution is 2.42. The molecule has 7 heteroatoms. The third-order valence-corrected chi connectivity index (χ3v) is 5.86. The molecule has 1 saturated heterocycles. The molecule has 1 atom stereocenters. The minimum Gasteiger partial charge on any atom is -0.308 e. The summed E-state index contributed by atoms with van der Waals surface area (Å²) in [4.78, 5) is 14.4. The van der Waals surface area contributed by atoms with E-state index >= 15 is 0 Å². The van der Waals surface area contributed by atoms with Crippen LogP contribution in [0.5, 0.6) is 0 Å². The molecule has 0 saturated carbocycles. The smallest absolute Gasteiger partial charge is 0.308 e. The summed E-state index contributed by atoms with van der Waals surface area (Å²) in [6.45, 7) is 2.59. The Morgan fingerprint density at radius 1 is 1.17 bits per heavy atom. The van der Waals surface area contributed by atoms with E-state index in [9.17, 15) is 4.79 Å². The van der Waals surface area contributed by atoms with Crippen molar-refractivity contribution in [2.45, 2.75) is 12.3 Å². The zero-order chi connectivity index (χ0) is 17.3. The van der Waals surface area contributed by atoms with Crippen molar-refractivity contribution in [3.05, 3.63) is 62.6 Å². The lowest BCUT2D eigenvalue weighted by molar-refractivity contribution is 0.214. The molecule has 1 heterocycles. The Labute approximate surface area is 160 Å². The number of carbonyl (C=O) groups is 1. The van der Waals surface area contributed by atoms with Crippen LogP contribution in [0.3, 0.4) is 0 Å². The number of halogens is 3. The molecule has 0 spiro atoms. The van der Waals surface area contributed by atoms with Crippen molar-refractivity contribution in [3.8, 4) is 0 Å². The zero-order valence-corrected chi connectivity index (χ0v) is 15.9. The third kappa shape index (κ3) is 3.77. The van der Waals surface area contributed by atoms with Crippen LogP contribution in [0.4, 0.5) is 10.5 Å². The second-order valence-electron chi connectivity index (χ2n) is 5.50. The minimum absolute atomic E-state index is 0.140. The second-order valence-corrected chi connectivity index (χ2v) is 7.93. The lowest BCUT2D eigenvalue weighted by Gasteiger charge is -2.25. The fourth-order valence-corrected chi connectivity index (χ4v) is 4.70. The Bertz CT molecular complexity index is 784. The van der Waals surface area contributed by atoms with E-state index in [4.69, 9.17) is 34.8 Å². The number of aryl methyl sites for hydroxylation is 1. The third-order valence-electron chi connectivity index (χ3n) is 3.75. The molecule has 2 aromatic carbocycles. The minimum atomic E-state index is -0.193. The number of nitrogens with zero attached hydrogens (tertiary/aromatic N) is 1. The molecule has 126 valence electrons. The van der Waals surface area contributed by atoms with E-state index < -0.39 is 0 Å². The standard InChI is InChI=1S/C17H15Cl3N2OS/c1-10-2-5-15(14(20)8-10)21-17(23)22-6-7-24-16(22)12-4-3-11(18)9-13(12)19/h2-5,8-9,16H,6-7H2,1H3,(H,21,23). The van der Waals surface area contributed by atoms with Crippen molar-refractivity contribution in [2.75, 3.05) is 17.6 Å². The Balaban J connectivity index is 1.81. The van der Waals surface area contributed by atoms with Crippen molar-refractivity contribution in [3.63, 3.8) is 0 Å². The van der Waals surface area contributed by atoms with E-state index in [-0.39, 0.29) is 11.4 Å². The van der Waals surface area contributed by atoms with Crippen LogP contribution in [0.1, 0.15) is 16.5 Å². The highest BCUT2D eigenvalue weighted by molar-refractivity contribution is 7.99. The molecular formula is C17H15Cl3N2OS. The molecule has 2 aromatic rings. The lowest BCUT2D eigenvalue weighted by Crippen LogP contribution is -2.34. The van der Waals surface area contributed by atoms with Crippen molar-refractivity contribution in [2.24, 2.45) is 0 Å². The van der Waals surface area contributed by atoms with Gasteiger partial charge in [0.1, 0.15) is 5.37 Å².